The maximum absolute atomic E-state index is 6.36. The van der Waals surface area contributed by atoms with E-state index in [4.69, 9.17) is 9.72 Å². The molecule has 7 aromatic rings. The highest BCUT2D eigenvalue weighted by molar-refractivity contribution is 7.01. The summed E-state index contributed by atoms with van der Waals surface area (Å²) in [6, 6.07) is 38.4. The summed E-state index contributed by atoms with van der Waals surface area (Å²) in [5.74, 6) is 2.81. The standard InChI is InChI=1S/C31H18BN3O/c1-2-9-19(10-3-1)34-23-13-5-6-14-24(23)35-25-18-17-21-20-11-8-16-27-28(20)32(29(21)30(25)33-31(34)35)22-12-4-7-15-26(22)36-27/h1-18H. The Kier molecular flexibility index (Phi) is 3.33. The van der Waals surface area contributed by atoms with Gasteiger partial charge in [0.2, 0.25) is 5.78 Å². The van der Waals surface area contributed by atoms with E-state index in [2.05, 4.69) is 112 Å². The van der Waals surface area contributed by atoms with Crippen LogP contribution in [-0.4, -0.2) is 20.7 Å². The average Bonchev–Trinajstić information content (AvgIpc) is 3.57. The molecule has 0 N–H and O–H groups in total. The van der Waals surface area contributed by atoms with E-state index in [1.807, 2.05) is 6.07 Å². The third-order valence-corrected chi connectivity index (χ3v) is 7.81. The van der Waals surface area contributed by atoms with Gasteiger partial charge in [-0.05, 0) is 70.0 Å². The first-order chi connectivity index (χ1) is 17.9. The minimum atomic E-state index is 0.107. The molecule has 4 heterocycles. The highest BCUT2D eigenvalue weighted by Gasteiger charge is 2.42. The molecule has 0 saturated carbocycles. The third kappa shape index (κ3) is 2.15. The van der Waals surface area contributed by atoms with Crippen LogP contribution in [0.4, 0.5) is 0 Å². The van der Waals surface area contributed by atoms with Crippen molar-refractivity contribution < 1.29 is 4.74 Å². The Morgan fingerprint density at radius 2 is 1.33 bits per heavy atom. The van der Waals surface area contributed by atoms with Crippen molar-refractivity contribution in [2.24, 2.45) is 0 Å². The molecule has 0 spiro atoms. The molecule has 4 nitrogen and oxygen atoms in total. The summed E-state index contributed by atoms with van der Waals surface area (Å²) < 4.78 is 10.9. The van der Waals surface area contributed by atoms with Gasteiger partial charge >= 0.3 is 0 Å². The number of fused-ring (bicyclic) bond motifs is 11. The topological polar surface area (TPSA) is 31.5 Å². The fraction of sp³-hybridized carbons (Fsp3) is 0. The number of imidazole rings is 2. The first-order valence-electron chi connectivity index (χ1n) is 12.3. The monoisotopic (exact) mass is 459 g/mol. The van der Waals surface area contributed by atoms with Gasteiger partial charge in [0.05, 0.1) is 22.1 Å². The maximum atomic E-state index is 6.36. The van der Waals surface area contributed by atoms with Gasteiger partial charge in [-0.25, -0.2) is 4.98 Å². The van der Waals surface area contributed by atoms with Crippen molar-refractivity contribution in [2.45, 2.75) is 0 Å². The molecule has 9 rings (SSSR count). The summed E-state index contributed by atoms with van der Waals surface area (Å²) in [6.07, 6.45) is 0. The molecule has 0 radical (unpaired) electrons. The van der Waals surface area contributed by atoms with Crippen LogP contribution in [-0.2, 0) is 0 Å². The van der Waals surface area contributed by atoms with Crippen LogP contribution in [0.25, 0.3) is 44.7 Å². The van der Waals surface area contributed by atoms with Crippen molar-refractivity contribution in [2.75, 3.05) is 0 Å². The molecule has 5 aromatic carbocycles. The van der Waals surface area contributed by atoms with Crippen LogP contribution in [0.1, 0.15) is 0 Å². The number of nitrogens with zero attached hydrogens (tertiary/aromatic N) is 3. The third-order valence-electron chi connectivity index (χ3n) is 7.81. The molecular formula is C31H18BN3O. The van der Waals surface area contributed by atoms with E-state index >= 15 is 0 Å². The van der Waals surface area contributed by atoms with Gasteiger partial charge in [0.15, 0.2) is 0 Å². The lowest BCUT2D eigenvalue weighted by Crippen LogP contribution is -2.52. The van der Waals surface area contributed by atoms with Gasteiger partial charge in [-0.2, -0.15) is 0 Å². The van der Waals surface area contributed by atoms with E-state index in [-0.39, 0.29) is 6.71 Å². The molecule has 2 aromatic heterocycles. The zero-order chi connectivity index (χ0) is 23.4. The number of para-hydroxylation sites is 4. The van der Waals surface area contributed by atoms with Crippen LogP contribution >= 0.6 is 0 Å². The number of hydrogen-bond donors (Lipinski definition) is 0. The van der Waals surface area contributed by atoms with Crippen molar-refractivity contribution >= 4 is 50.9 Å². The molecule has 2 aliphatic heterocycles. The number of hydrogen-bond acceptors (Lipinski definition) is 2. The second-order valence-electron chi connectivity index (χ2n) is 9.59. The molecule has 0 unspecified atom stereocenters. The number of ether oxygens (including phenoxy) is 1. The minimum absolute atomic E-state index is 0.107. The Balaban J connectivity index is 1.45. The average molecular weight is 459 g/mol. The molecular weight excluding hydrogens is 441 g/mol. The van der Waals surface area contributed by atoms with Crippen LogP contribution < -0.4 is 21.1 Å². The summed E-state index contributed by atoms with van der Waals surface area (Å²) in [4.78, 5) is 5.39. The van der Waals surface area contributed by atoms with Gasteiger partial charge in [-0.1, -0.05) is 66.7 Å². The van der Waals surface area contributed by atoms with Crippen molar-refractivity contribution in [1.29, 1.82) is 0 Å². The van der Waals surface area contributed by atoms with Crippen molar-refractivity contribution in [3.8, 4) is 28.3 Å². The van der Waals surface area contributed by atoms with E-state index in [0.29, 0.717) is 0 Å². The molecule has 0 atom stereocenters. The molecule has 0 aliphatic carbocycles. The first-order valence-corrected chi connectivity index (χ1v) is 12.3. The summed E-state index contributed by atoms with van der Waals surface area (Å²) in [5.41, 5.74) is 11.8. The lowest BCUT2D eigenvalue weighted by Gasteiger charge is -2.24. The fourth-order valence-electron chi connectivity index (χ4n) is 6.40. The van der Waals surface area contributed by atoms with E-state index in [1.54, 1.807) is 0 Å². The van der Waals surface area contributed by atoms with Crippen LogP contribution in [0, 0.1) is 0 Å². The van der Waals surface area contributed by atoms with E-state index in [1.165, 1.54) is 27.5 Å². The second kappa shape index (κ2) is 6.46. The zero-order valence-corrected chi connectivity index (χ0v) is 19.2. The largest absolute Gasteiger partial charge is 0.458 e. The van der Waals surface area contributed by atoms with Crippen molar-refractivity contribution in [1.82, 2.24) is 14.0 Å². The van der Waals surface area contributed by atoms with Gasteiger partial charge in [0.1, 0.15) is 11.5 Å². The van der Waals surface area contributed by atoms with Crippen molar-refractivity contribution in [3.05, 3.63) is 109 Å². The summed E-state index contributed by atoms with van der Waals surface area (Å²) in [5, 5.41) is 0. The van der Waals surface area contributed by atoms with Gasteiger partial charge in [0.25, 0.3) is 6.71 Å². The zero-order valence-electron chi connectivity index (χ0n) is 19.2. The van der Waals surface area contributed by atoms with Crippen LogP contribution in [0.3, 0.4) is 0 Å². The second-order valence-corrected chi connectivity index (χ2v) is 9.59. The maximum Gasteiger partial charge on any atom is 0.255 e. The van der Waals surface area contributed by atoms with Gasteiger partial charge in [-0.3, -0.25) is 8.97 Å². The predicted molar refractivity (Wildman–Crippen MR) is 146 cm³/mol. The summed E-state index contributed by atoms with van der Waals surface area (Å²) in [6.45, 7) is 0.107. The quantitative estimate of drug-likeness (QED) is 0.323. The van der Waals surface area contributed by atoms with Crippen molar-refractivity contribution in [3.63, 3.8) is 0 Å². The van der Waals surface area contributed by atoms with Crippen LogP contribution in [0.5, 0.6) is 11.5 Å². The van der Waals surface area contributed by atoms with Gasteiger partial charge in [-0.15, -0.1) is 0 Å². The molecule has 5 heteroatoms. The lowest BCUT2D eigenvalue weighted by atomic mass is 9.37. The van der Waals surface area contributed by atoms with E-state index < -0.39 is 0 Å². The summed E-state index contributed by atoms with van der Waals surface area (Å²) >= 11 is 0. The van der Waals surface area contributed by atoms with E-state index in [9.17, 15) is 0 Å². The Labute approximate surface area is 207 Å². The molecule has 0 bridgehead atoms. The Morgan fingerprint density at radius 1 is 0.583 bits per heavy atom. The summed E-state index contributed by atoms with van der Waals surface area (Å²) in [7, 11) is 0. The SMILES string of the molecule is c1ccc(-n2c3ccccc3n3c4ccc5c(c4nc23)B2c3ccccc3Oc3cccc-5c32)cc1. The highest BCUT2D eigenvalue weighted by atomic mass is 16.5. The minimum Gasteiger partial charge on any atom is -0.458 e. The van der Waals surface area contributed by atoms with Crippen LogP contribution in [0.15, 0.2) is 109 Å². The Hall–Kier alpha value is -4.77. The fourth-order valence-corrected chi connectivity index (χ4v) is 6.40. The van der Waals surface area contributed by atoms with Gasteiger partial charge in [0, 0.05) is 5.69 Å². The lowest BCUT2D eigenvalue weighted by molar-refractivity contribution is 0.488. The number of rotatable bonds is 1. The van der Waals surface area contributed by atoms with Gasteiger partial charge < -0.3 is 4.74 Å². The molecule has 2 aliphatic rings. The molecule has 0 amide bonds. The molecule has 166 valence electrons. The predicted octanol–water partition coefficient (Wildman–Crippen LogP) is 5.03. The number of aromatic nitrogens is 3. The Bertz CT molecular complexity index is 2040. The number of benzene rings is 5. The Morgan fingerprint density at radius 3 is 2.25 bits per heavy atom. The van der Waals surface area contributed by atoms with E-state index in [0.717, 1.165) is 45.0 Å². The van der Waals surface area contributed by atoms with Crippen LogP contribution in [0.2, 0.25) is 0 Å². The smallest absolute Gasteiger partial charge is 0.255 e. The molecule has 0 fully saturated rings. The molecule has 36 heavy (non-hydrogen) atoms. The normalized spacial score (nSPS) is 13.2. The first kappa shape index (κ1) is 18.5. The molecule has 0 saturated heterocycles. The highest BCUT2D eigenvalue weighted by Crippen LogP contribution is 2.37.